The Hall–Kier alpha value is -3.94. The van der Waals surface area contributed by atoms with Crippen LogP contribution >= 0.6 is 0 Å². The first-order valence-corrected chi connectivity index (χ1v) is 9.93. The van der Waals surface area contributed by atoms with Crippen LogP contribution < -0.4 is 10.2 Å². The number of nitrogens with zero attached hydrogens (tertiary/aromatic N) is 6. The number of imidazole rings is 1. The lowest BCUT2D eigenvalue weighted by molar-refractivity contribution is -0.385. The molecule has 0 unspecified atom stereocenters. The van der Waals surface area contributed by atoms with Crippen LogP contribution in [0.5, 0.6) is 0 Å². The van der Waals surface area contributed by atoms with E-state index in [0.717, 1.165) is 29.6 Å². The van der Waals surface area contributed by atoms with Gasteiger partial charge in [0.15, 0.2) is 11.5 Å². The number of carbonyl (C=O) groups is 1. The number of carbonyl (C=O) groups excluding carboxylic acids is 1. The molecule has 3 heterocycles. The van der Waals surface area contributed by atoms with E-state index in [1.54, 1.807) is 22.8 Å². The number of amides is 1. The number of nitro groups is 1. The van der Waals surface area contributed by atoms with Gasteiger partial charge < -0.3 is 10.2 Å². The fourth-order valence-corrected chi connectivity index (χ4v) is 3.82. The smallest absolute Gasteiger partial charge is 0.282 e. The summed E-state index contributed by atoms with van der Waals surface area (Å²) in [6.45, 7) is 5.05. The minimum atomic E-state index is -0.608. The van der Waals surface area contributed by atoms with Crippen molar-refractivity contribution in [2.45, 2.75) is 26.5 Å². The zero-order valence-corrected chi connectivity index (χ0v) is 17.2. The minimum absolute atomic E-state index is 0.0214. The number of aromatic nitrogens is 3. The van der Waals surface area contributed by atoms with Gasteiger partial charge in [0, 0.05) is 30.8 Å². The molecule has 1 fully saturated rings. The van der Waals surface area contributed by atoms with Gasteiger partial charge in [0.05, 0.1) is 16.8 Å². The number of hydrogen-bond acceptors (Lipinski definition) is 7. The van der Waals surface area contributed by atoms with E-state index in [2.05, 4.69) is 21.4 Å². The molecular formula is C20H20BN7O3. The molecule has 11 heteroatoms. The number of anilines is 2. The second-order valence-electron chi connectivity index (χ2n) is 7.67. The third kappa shape index (κ3) is 4.05. The SMILES string of the molecule is Cc1cn2nc(NC(=O)c3cc(N4CCB(C#N)CC4)ccc3[N+](=O)[O-])cc(C)c2n1. The summed E-state index contributed by atoms with van der Waals surface area (Å²) < 4.78 is 1.57. The molecule has 0 aliphatic carbocycles. The van der Waals surface area contributed by atoms with Crippen molar-refractivity contribution in [1.82, 2.24) is 14.6 Å². The van der Waals surface area contributed by atoms with Crippen LogP contribution in [0, 0.1) is 35.2 Å². The van der Waals surface area contributed by atoms with Gasteiger partial charge in [-0.1, -0.05) is 0 Å². The van der Waals surface area contributed by atoms with Crippen LogP contribution in [0.1, 0.15) is 21.6 Å². The quantitative estimate of drug-likeness (QED) is 0.393. The number of fused-ring (bicyclic) bond motifs is 1. The third-order valence-corrected chi connectivity index (χ3v) is 5.44. The van der Waals surface area contributed by atoms with E-state index in [1.165, 1.54) is 12.1 Å². The van der Waals surface area contributed by atoms with E-state index in [-0.39, 0.29) is 23.8 Å². The molecule has 4 rings (SSSR count). The molecule has 1 aliphatic rings. The van der Waals surface area contributed by atoms with E-state index >= 15 is 0 Å². The van der Waals surface area contributed by atoms with Crippen molar-refractivity contribution in [2.75, 3.05) is 23.3 Å². The maximum Gasteiger partial charge on any atom is 0.282 e. The van der Waals surface area contributed by atoms with Gasteiger partial charge in [-0.2, -0.15) is 0 Å². The maximum absolute atomic E-state index is 13.0. The standard InChI is InChI=1S/C20H20BN7O3/c1-13-9-18(25-27-11-14(2)23-19(13)27)24-20(29)16-10-15(3-4-17(16)28(30)31)26-7-5-21(12-22)6-8-26/h3-4,9-11H,5-8H2,1-2H3,(H,24,25,29). The third-order valence-electron chi connectivity index (χ3n) is 5.44. The topological polar surface area (TPSA) is 129 Å². The molecule has 0 spiro atoms. The first-order chi connectivity index (χ1) is 14.9. The average molecular weight is 417 g/mol. The van der Waals surface area contributed by atoms with Gasteiger partial charge in [0.1, 0.15) is 5.56 Å². The predicted octanol–water partition coefficient (Wildman–Crippen LogP) is 2.88. The summed E-state index contributed by atoms with van der Waals surface area (Å²) in [7, 11) is 0. The Balaban J connectivity index is 1.63. The molecule has 1 N–H and O–H groups in total. The predicted molar refractivity (Wildman–Crippen MR) is 117 cm³/mol. The lowest BCUT2D eigenvalue weighted by Crippen LogP contribution is -2.36. The Labute approximate surface area is 178 Å². The summed E-state index contributed by atoms with van der Waals surface area (Å²) in [6.07, 6.45) is 3.19. The first-order valence-electron chi connectivity index (χ1n) is 9.93. The van der Waals surface area contributed by atoms with Gasteiger partial charge >= 0.3 is 0 Å². The molecule has 2 aromatic heterocycles. The molecule has 0 atom stereocenters. The Bertz CT molecular complexity index is 1230. The van der Waals surface area contributed by atoms with Gasteiger partial charge in [-0.05, 0) is 50.3 Å². The van der Waals surface area contributed by atoms with Crippen molar-refractivity contribution in [3.05, 3.63) is 57.4 Å². The largest absolute Gasteiger partial charge is 0.373 e. The molecule has 1 aromatic carbocycles. The maximum atomic E-state index is 13.0. The van der Waals surface area contributed by atoms with Gasteiger partial charge in [0.25, 0.3) is 18.3 Å². The van der Waals surface area contributed by atoms with E-state index in [4.69, 9.17) is 5.26 Å². The lowest BCUT2D eigenvalue weighted by Gasteiger charge is -2.30. The van der Waals surface area contributed by atoms with Crippen molar-refractivity contribution in [3.63, 3.8) is 0 Å². The minimum Gasteiger partial charge on any atom is -0.373 e. The van der Waals surface area contributed by atoms with Gasteiger partial charge in [0.2, 0.25) is 0 Å². The van der Waals surface area contributed by atoms with Gasteiger partial charge in [-0.25, -0.2) is 14.8 Å². The highest BCUT2D eigenvalue weighted by Gasteiger charge is 2.26. The number of nitrogens with one attached hydrogen (secondary N) is 1. The number of rotatable bonds is 4. The number of nitro benzene ring substituents is 1. The zero-order valence-electron chi connectivity index (χ0n) is 17.2. The average Bonchev–Trinajstić information content (AvgIpc) is 3.14. The molecule has 156 valence electrons. The van der Waals surface area contributed by atoms with Crippen molar-refractivity contribution in [2.24, 2.45) is 0 Å². The summed E-state index contributed by atoms with van der Waals surface area (Å²) in [5, 5.41) is 27.6. The summed E-state index contributed by atoms with van der Waals surface area (Å²) in [5.74, 6) is 1.95. The Morgan fingerprint density at radius 2 is 2.03 bits per heavy atom. The van der Waals surface area contributed by atoms with E-state index < -0.39 is 10.8 Å². The molecule has 0 bridgehead atoms. The van der Waals surface area contributed by atoms with E-state index in [1.807, 2.05) is 18.7 Å². The van der Waals surface area contributed by atoms with Crippen LogP contribution in [0.2, 0.25) is 12.6 Å². The van der Waals surface area contributed by atoms with Crippen molar-refractivity contribution in [3.8, 4) is 5.97 Å². The van der Waals surface area contributed by atoms with Gasteiger partial charge in [-0.3, -0.25) is 14.9 Å². The first kappa shape index (κ1) is 20.3. The number of benzene rings is 1. The molecular weight excluding hydrogens is 397 g/mol. The van der Waals surface area contributed by atoms with E-state index in [0.29, 0.717) is 18.7 Å². The normalized spacial score (nSPS) is 13.8. The highest BCUT2D eigenvalue weighted by molar-refractivity contribution is 6.67. The zero-order chi connectivity index (χ0) is 22.1. The highest BCUT2D eigenvalue weighted by Crippen LogP contribution is 2.28. The second kappa shape index (κ2) is 8.06. The summed E-state index contributed by atoms with van der Waals surface area (Å²) in [4.78, 5) is 30.4. The van der Waals surface area contributed by atoms with Crippen molar-refractivity contribution in [1.29, 1.82) is 5.26 Å². The van der Waals surface area contributed by atoms with Crippen molar-refractivity contribution < 1.29 is 9.72 Å². The Morgan fingerprint density at radius 3 is 2.71 bits per heavy atom. The van der Waals surface area contributed by atoms with Crippen LogP contribution in [0.3, 0.4) is 0 Å². The molecule has 1 amide bonds. The van der Waals surface area contributed by atoms with E-state index in [9.17, 15) is 14.9 Å². The molecule has 1 aliphatic heterocycles. The molecule has 0 radical (unpaired) electrons. The fraction of sp³-hybridized carbons (Fsp3) is 0.300. The van der Waals surface area contributed by atoms with Crippen LogP contribution in [0.4, 0.5) is 17.2 Å². The Morgan fingerprint density at radius 1 is 1.29 bits per heavy atom. The summed E-state index contributed by atoms with van der Waals surface area (Å²) in [5.41, 5.74) is 2.71. The molecule has 1 saturated heterocycles. The molecule has 0 saturated carbocycles. The van der Waals surface area contributed by atoms with Crippen LogP contribution in [-0.4, -0.2) is 45.2 Å². The highest BCUT2D eigenvalue weighted by atomic mass is 16.6. The molecule has 31 heavy (non-hydrogen) atoms. The lowest BCUT2D eigenvalue weighted by atomic mass is 9.45. The summed E-state index contributed by atoms with van der Waals surface area (Å²) >= 11 is 0. The number of nitriles is 1. The fourth-order valence-electron chi connectivity index (χ4n) is 3.82. The number of aryl methyl sites for hydroxylation is 2. The van der Waals surface area contributed by atoms with Crippen LogP contribution in [0.15, 0.2) is 30.5 Å². The number of hydrogen-bond donors (Lipinski definition) is 1. The summed E-state index contributed by atoms with van der Waals surface area (Å²) in [6, 6.07) is 6.21. The second-order valence-corrected chi connectivity index (χ2v) is 7.67. The molecule has 3 aromatic rings. The molecule has 10 nitrogen and oxygen atoms in total. The van der Waals surface area contributed by atoms with Crippen molar-refractivity contribution >= 4 is 35.5 Å². The monoisotopic (exact) mass is 417 g/mol. The van der Waals surface area contributed by atoms with Gasteiger partial charge in [-0.15, -0.1) is 5.10 Å². The Kier molecular flexibility index (Phi) is 5.29. The van der Waals surface area contributed by atoms with Crippen LogP contribution in [0.25, 0.3) is 5.65 Å². The van der Waals surface area contributed by atoms with Crippen LogP contribution in [-0.2, 0) is 0 Å².